The quantitative estimate of drug-likeness (QED) is 0.414. The van der Waals surface area contributed by atoms with Crippen LogP contribution in [0.2, 0.25) is 0 Å². The Labute approximate surface area is 194 Å². The number of alkyl halides is 2. The molecule has 2 N–H and O–H groups in total. The van der Waals surface area contributed by atoms with Gasteiger partial charge in [-0.25, -0.2) is 23.1 Å². The lowest BCUT2D eigenvalue weighted by Gasteiger charge is -2.26. The molecule has 10 heteroatoms. The number of hydrogen-bond donors (Lipinski definition) is 2. The second-order valence-corrected chi connectivity index (χ2v) is 8.90. The molecule has 0 aliphatic heterocycles. The fraction of sp³-hybridized carbons (Fsp3) is 0.417. The van der Waals surface area contributed by atoms with E-state index in [0.29, 0.717) is 28.3 Å². The van der Waals surface area contributed by atoms with Crippen molar-refractivity contribution in [3.63, 3.8) is 0 Å². The first kappa shape index (κ1) is 22.5. The molecule has 0 radical (unpaired) electrons. The number of nitrogens with one attached hydrogen (secondary N) is 1. The molecule has 1 aromatic carbocycles. The van der Waals surface area contributed by atoms with Crippen LogP contribution in [0.1, 0.15) is 73.5 Å². The normalized spacial score (nSPS) is 19.7. The number of rotatable bonds is 5. The molecule has 34 heavy (non-hydrogen) atoms. The highest BCUT2D eigenvalue weighted by Crippen LogP contribution is 2.38. The van der Waals surface area contributed by atoms with Gasteiger partial charge in [0.15, 0.2) is 11.3 Å². The number of hydrogen-bond acceptors (Lipinski definition) is 6. The topological polar surface area (TPSA) is 88.2 Å². The number of nitrogens with zero attached hydrogens (tertiary/aromatic N) is 5. The fourth-order valence-electron chi connectivity index (χ4n) is 4.84. The van der Waals surface area contributed by atoms with Crippen LogP contribution in [0.4, 0.5) is 19.0 Å². The molecule has 3 aromatic heterocycles. The van der Waals surface area contributed by atoms with Gasteiger partial charge < -0.3 is 10.4 Å². The van der Waals surface area contributed by atoms with Gasteiger partial charge in [0.05, 0.1) is 23.1 Å². The average molecular weight is 470 g/mol. The fourth-order valence-corrected chi connectivity index (χ4v) is 4.84. The molecule has 3 heterocycles. The van der Waals surface area contributed by atoms with Crippen LogP contribution in [0, 0.1) is 12.7 Å². The number of pyridine rings is 1. The molecule has 1 aliphatic rings. The smallest absolute Gasteiger partial charge is 0.266 e. The molecule has 5 rings (SSSR count). The molecule has 0 unspecified atom stereocenters. The predicted octanol–water partition coefficient (Wildman–Crippen LogP) is 5.25. The molecule has 4 aromatic rings. The van der Waals surface area contributed by atoms with Crippen molar-refractivity contribution in [1.29, 1.82) is 0 Å². The summed E-state index contributed by atoms with van der Waals surface area (Å²) >= 11 is 0. The highest BCUT2D eigenvalue weighted by atomic mass is 19.3. The second kappa shape index (κ2) is 8.83. The number of aliphatic hydroxyl groups is 1. The Balaban J connectivity index is 1.60. The van der Waals surface area contributed by atoms with Gasteiger partial charge in [0.25, 0.3) is 6.43 Å². The van der Waals surface area contributed by atoms with Gasteiger partial charge in [-0.2, -0.15) is 0 Å². The second-order valence-electron chi connectivity index (χ2n) is 8.90. The number of halogens is 3. The third kappa shape index (κ3) is 3.96. The van der Waals surface area contributed by atoms with Crippen LogP contribution in [0.3, 0.4) is 0 Å². The van der Waals surface area contributed by atoms with E-state index in [9.17, 15) is 18.3 Å². The largest absolute Gasteiger partial charge is 0.393 e. The number of aryl methyl sites for hydroxylation is 1. The Morgan fingerprint density at radius 1 is 1.09 bits per heavy atom. The molecule has 0 saturated heterocycles. The van der Waals surface area contributed by atoms with E-state index in [4.69, 9.17) is 0 Å². The predicted molar refractivity (Wildman–Crippen MR) is 121 cm³/mol. The molecular weight excluding hydrogens is 445 g/mol. The summed E-state index contributed by atoms with van der Waals surface area (Å²) in [5, 5.41) is 22.3. The van der Waals surface area contributed by atoms with Crippen molar-refractivity contribution in [2.75, 3.05) is 5.32 Å². The molecule has 1 aliphatic carbocycles. The van der Waals surface area contributed by atoms with Crippen LogP contribution in [0.15, 0.2) is 30.6 Å². The Hall–Kier alpha value is -3.27. The van der Waals surface area contributed by atoms with E-state index < -0.39 is 23.8 Å². The zero-order chi connectivity index (χ0) is 24.0. The lowest BCUT2D eigenvalue weighted by atomic mass is 9.83. The standard InChI is InChI=1S/C24H25F3N6O/c1-12(16-4-3-5-17(20(16)25)21(26)27)29-22-19-10-18(14-6-8-15(34)9-7-14)24-32-28-11-33(24)23(19)31-13(2)30-22/h3-5,10-12,14-15,21,34H,6-9H2,1-2H3,(H,29,30,31)/t12-,14?,15?/m1/s1. The molecule has 7 nitrogen and oxygen atoms in total. The molecular formula is C24H25F3N6O. The van der Waals surface area contributed by atoms with Crippen LogP contribution in [-0.2, 0) is 0 Å². The summed E-state index contributed by atoms with van der Waals surface area (Å²) < 4.78 is 43.0. The van der Waals surface area contributed by atoms with Gasteiger partial charge in [0.2, 0.25) is 0 Å². The molecule has 1 atom stereocenters. The SMILES string of the molecule is Cc1nc(N[C@H](C)c2cccc(C(F)F)c2F)c2cc(C3CCC(O)CC3)c3nncn3c2n1. The van der Waals surface area contributed by atoms with E-state index in [-0.39, 0.29) is 17.6 Å². The first-order valence-electron chi connectivity index (χ1n) is 11.4. The maximum Gasteiger partial charge on any atom is 0.266 e. The van der Waals surface area contributed by atoms with E-state index in [0.717, 1.165) is 37.3 Å². The van der Waals surface area contributed by atoms with E-state index in [2.05, 4.69) is 25.5 Å². The third-order valence-corrected chi connectivity index (χ3v) is 6.62. The van der Waals surface area contributed by atoms with Crippen LogP contribution in [0.5, 0.6) is 0 Å². The zero-order valence-corrected chi connectivity index (χ0v) is 18.8. The molecule has 0 bridgehead atoms. The van der Waals surface area contributed by atoms with Gasteiger partial charge in [-0.3, -0.25) is 4.40 Å². The molecule has 1 fully saturated rings. The Kier molecular flexibility index (Phi) is 5.85. The van der Waals surface area contributed by atoms with Crippen LogP contribution in [-0.4, -0.2) is 35.8 Å². The van der Waals surface area contributed by atoms with Gasteiger partial charge in [0.1, 0.15) is 23.8 Å². The van der Waals surface area contributed by atoms with E-state index in [1.54, 1.807) is 20.2 Å². The van der Waals surface area contributed by atoms with Crippen molar-refractivity contribution in [3.05, 3.63) is 58.9 Å². The number of benzene rings is 1. The van der Waals surface area contributed by atoms with E-state index >= 15 is 0 Å². The van der Waals surface area contributed by atoms with Crippen LogP contribution < -0.4 is 5.32 Å². The minimum atomic E-state index is -2.90. The maximum atomic E-state index is 14.8. The lowest BCUT2D eigenvalue weighted by Crippen LogP contribution is -2.18. The summed E-state index contributed by atoms with van der Waals surface area (Å²) in [7, 11) is 0. The van der Waals surface area contributed by atoms with Crippen LogP contribution >= 0.6 is 0 Å². The van der Waals surface area contributed by atoms with Crippen molar-refractivity contribution < 1.29 is 18.3 Å². The van der Waals surface area contributed by atoms with E-state index in [1.807, 2.05) is 10.5 Å². The first-order valence-corrected chi connectivity index (χ1v) is 11.4. The molecule has 0 spiro atoms. The zero-order valence-electron chi connectivity index (χ0n) is 18.8. The average Bonchev–Trinajstić information content (AvgIpc) is 3.29. The molecule has 0 amide bonds. The van der Waals surface area contributed by atoms with E-state index in [1.165, 1.54) is 12.1 Å². The minimum absolute atomic E-state index is 0.133. The Morgan fingerprint density at radius 3 is 2.56 bits per heavy atom. The minimum Gasteiger partial charge on any atom is -0.393 e. The third-order valence-electron chi connectivity index (χ3n) is 6.62. The van der Waals surface area contributed by atoms with Crippen molar-refractivity contribution in [2.24, 2.45) is 0 Å². The Morgan fingerprint density at radius 2 is 1.82 bits per heavy atom. The number of fused-ring (bicyclic) bond motifs is 3. The maximum absolute atomic E-state index is 14.8. The Bertz CT molecular complexity index is 1350. The van der Waals surface area contributed by atoms with Crippen molar-refractivity contribution in [2.45, 2.75) is 64.0 Å². The van der Waals surface area contributed by atoms with Gasteiger partial charge in [-0.15, -0.1) is 10.2 Å². The lowest BCUT2D eigenvalue weighted by molar-refractivity contribution is 0.122. The van der Waals surface area contributed by atoms with Gasteiger partial charge in [0, 0.05) is 11.1 Å². The number of anilines is 1. The van der Waals surface area contributed by atoms with Crippen molar-refractivity contribution >= 4 is 22.5 Å². The number of aliphatic hydroxyl groups excluding tert-OH is 1. The molecule has 178 valence electrons. The summed E-state index contributed by atoms with van der Waals surface area (Å²) in [5.41, 5.74) is 1.81. The summed E-state index contributed by atoms with van der Waals surface area (Å²) in [5.74, 6) is 0.249. The highest BCUT2D eigenvalue weighted by Gasteiger charge is 2.26. The van der Waals surface area contributed by atoms with Crippen molar-refractivity contribution in [1.82, 2.24) is 24.6 Å². The van der Waals surface area contributed by atoms with Crippen LogP contribution in [0.25, 0.3) is 16.7 Å². The van der Waals surface area contributed by atoms with Gasteiger partial charge in [-0.05, 0) is 51.5 Å². The van der Waals surface area contributed by atoms with Gasteiger partial charge >= 0.3 is 0 Å². The highest BCUT2D eigenvalue weighted by molar-refractivity contribution is 5.90. The first-order chi connectivity index (χ1) is 16.3. The number of aromatic nitrogens is 5. The summed E-state index contributed by atoms with van der Waals surface area (Å²) in [6, 6.07) is 5.38. The van der Waals surface area contributed by atoms with Gasteiger partial charge in [-0.1, -0.05) is 18.2 Å². The summed E-state index contributed by atoms with van der Waals surface area (Å²) in [6.45, 7) is 3.46. The summed E-state index contributed by atoms with van der Waals surface area (Å²) in [6.07, 6.45) is 1.51. The molecule has 1 saturated carbocycles. The summed E-state index contributed by atoms with van der Waals surface area (Å²) in [4.78, 5) is 9.15. The van der Waals surface area contributed by atoms with Crippen molar-refractivity contribution in [3.8, 4) is 0 Å². The monoisotopic (exact) mass is 470 g/mol.